The summed E-state index contributed by atoms with van der Waals surface area (Å²) in [6.07, 6.45) is -23.5. The summed E-state index contributed by atoms with van der Waals surface area (Å²) >= 11 is 0. The number of hydrogen-bond donors (Lipinski definition) is 0. The maximum absolute atomic E-state index is 13.5. The molecule has 0 aromatic carbocycles. The SMILES string of the molecule is COCCOC(F)(F)C(F)N1C(F)(F)C(F)(F)OC(F)(F)C1(F)F. The second-order valence-corrected chi connectivity index (χ2v) is 4.33. The van der Waals surface area contributed by atoms with Crippen LogP contribution in [0.4, 0.5) is 48.3 Å². The molecule has 0 saturated carbocycles. The molecule has 0 amide bonds. The number of alkyl halides is 11. The summed E-state index contributed by atoms with van der Waals surface area (Å²) in [5, 5.41) is 0. The second-order valence-electron chi connectivity index (χ2n) is 4.33. The second kappa shape index (κ2) is 6.10. The van der Waals surface area contributed by atoms with Crippen LogP contribution in [0.3, 0.4) is 0 Å². The predicted molar refractivity (Wildman–Crippen MR) is 50.4 cm³/mol. The van der Waals surface area contributed by atoms with E-state index in [1.165, 1.54) is 0 Å². The van der Waals surface area contributed by atoms with Gasteiger partial charge in [-0.25, -0.2) is 9.13 Å². The summed E-state index contributed by atoms with van der Waals surface area (Å²) in [4.78, 5) is -2.98. The van der Waals surface area contributed by atoms with Crippen molar-refractivity contribution in [3.8, 4) is 0 Å². The van der Waals surface area contributed by atoms with Gasteiger partial charge in [0.05, 0.1) is 13.2 Å². The van der Waals surface area contributed by atoms with Gasteiger partial charge in [-0.15, -0.1) is 4.90 Å². The first-order chi connectivity index (χ1) is 10.5. The number of methoxy groups -OCH3 is 1. The number of nitrogens with zero attached hydrogens (tertiary/aromatic N) is 1. The molecule has 0 aliphatic carbocycles. The van der Waals surface area contributed by atoms with Crippen molar-refractivity contribution < 1.29 is 62.5 Å². The summed E-state index contributed by atoms with van der Waals surface area (Å²) in [5.74, 6) is 0. The van der Waals surface area contributed by atoms with Crippen molar-refractivity contribution in [3.63, 3.8) is 0 Å². The summed E-state index contributed by atoms with van der Waals surface area (Å²) in [7, 11) is 0.930. The molecule has 1 aliphatic heterocycles. The van der Waals surface area contributed by atoms with Crippen molar-refractivity contribution in [1.29, 1.82) is 0 Å². The van der Waals surface area contributed by atoms with Crippen LogP contribution in [0.15, 0.2) is 0 Å². The smallest absolute Gasteiger partial charge is 0.382 e. The van der Waals surface area contributed by atoms with Crippen LogP contribution in [0.2, 0.25) is 0 Å². The monoisotopic (exact) mass is 387 g/mol. The highest BCUT2D eigenvalue weighted by Crippen LogP contribution is 2.57. The van der Waals surface area contributed by atoms with Crippen molar-refractivity contribution >= 4 is 0 Å². The van der Waals surface area contributed by atoms with E-state index in [0.29, 0.717) is 0 Å². The third kappa shape index (κ3) is 3.25. The topological polar surface area (TPSA) is 30.9 Å². The Balaban J connectivity index is 3.28. The van der Waals surface area contributed by atoms with Gasteiger partial charge in [0.1, 0.15) is 0 Å². The number of rotatable bonds is 6. The molecule has 0 radical (unpaired) electrons. The van der Waals surface area contributed by atoms with Gasteiger partial charge in [0.25, 0.3) is 6.30 Å². The van der Waals surface area contributed by atoms with Crippen LogP contribution in [0.5, 0.6) is 0 Å². The lowest BCUT2D eigenvalue weighted by Crippen LogP contribution is -2.77. The maximum atomic E-state index is 13.5. The fourth-order valence-electron chi connectivity index (χ4n) is 1.51. The number of hydrogen-bond acceptors (Lipinski definition) is 4. The Morgan fingerprint density at radius 1 is 0.917 bits per heavy atom. The van der Waals surface area contributed by atoms with E-state index in [4.69, 9.17) is 0 Å². The van der Waals surface area contributed by atoms with Crippen molar-refractivity contribution in [3.05, 3.63) is 0 Å². The number of ether oxygens (including phenoxy) is 3. The highest BCUT2D eigenvalue weighted by Gasteiger charge is 2.85. The zero-order chi connectivity index (χ0) is 19.2. The molecule has 1 rings (SSSR count). The summed E-state index contributed by atoms with van der Waals surface area (Å²) < 4.78 is 154. The van der Waals surface area contributed by atoms with Gasteiger partial charge in [-0.2, -0.15) is 43.9 Å². The molecule has 15 heteroatoms. The minimum absolute atomic E-state index is 0.704. The summed E-state index contributed by atoms with van der Waals surface area (Å²) in [5.41, 5.74) is 0. The van der Waals surface area contributed by atoms with Crippen molar-refractivity contribution in [2.75, 3.05) is 20.3 Å². The van der Waals surface area contributed by atoms with Crippen LogP contribution in [0, 0.1) is 0 Å². The lowest BCUT2D eigenvalue weighted by molar-refractivity contribution is -0.578. The van der Waals surface area contributed by atoms with Gasteiger partial charge >= 0.3 is 30.4 Å². The van der Waals surface area contributed by atoms with Crippen LogP contribution < -0.4 is 0 Å². The molecule has 1 fully saturated rings. The molecule has 0 aromatic heterocycles. The molecule has 1 unspecified atom stereocenters. The quantitative estimate of drug-likeness (QED) is 0.398. The van der Waals surface area contributed by atoms with Crippen molar-refractivity contribution in [1.82, 2.24) is 4.90 Å². The van der Waals surface area contributed by atoms with Gasteiger partial charge in [-0.1, -0.05) is 0 Å². The lowest BCUT2D eigenvalue weighted by Gasteiger charge is -2.48. The molecule has 4 nitrogen and oxygen atoms in total. The Hall–Kier alpha value is -0.930. The molecule has 0 N–H and O–H groups in total. The zero-order valence-corrected chi connectivity index (χ0v) is 11.3. The fraction of sp³-hybridized carbons (Fsp3) is 1.00. The van der Waals surface area contributed by atoms with Gasteiger partial charge < -0.3 is 9.47 Å². The Morgan fingerprint density at radius 3 is 1.71 bits per heavy atom. The van der Waals surface area contributed by atoms with Crippen molar-refractivity contribution in [2.24, 2.45) is 0 Å². The van der Waals surface area contributed by atoms with E-state index in [9.17, 15) is 48.3 Å². The highest BCUT2D eigenvalue weighted by atomic mass is 19.4. The summed E-state index contributed by atoms with van der Waals surface area (Å²) in [6, 6.07) is -13.1. The van der Waals surface area contributed by atoms with E-state index < -0.39 is 54.8 Å². The molecule has 1 saturated heterocycles. The van der Waals surface area contributed by atoms with Gasteiger partial charge in [0, 0.05) is 7.11 Å². The van der Waals surface area contributed by atoms with Crippen molar-refractivity contribution in [2.45, 2.75) is 36.7 Å². The van der Waals surface area contributed by atoms with Crippen LogP contribution >= 0.6 is 0 Å². The third-order valence-corrected chi connectivity index (χ3v) is 2.65. The first-order valence-electron chi connectivity index (χ1n) is 5.70. The van der Waals surface area contributed by atoms with E-state index in [-0.39, 0.29) is 0 Å². The molecule has 1 heterocycles. The third-order valence-electron chi connectivity index (χ3n) is 2.65. The first kappa shape index (κ1) is 21.1. The Morgan fingerprint density at radius 2 is 1.33 bits per heavy atom. The number of morpholine rings is 1. The number of halogens is 11. The summed E-state index contributed by atoms with van der Waals surface area (Å²) in [6.45, 7) is -1.96. The van der Waals surface area contributed by atoms with Crippen LogP contribution in [0.25, 0.3) is 0 Å². The van der Waals surface area contributed by atoms with Gasteiger partial charge in [-0.05, 0) is 0 Å². The molecule has 1 aliphatic rings. The Labute approximate surface area is 126 Å². The van der Waals surface area contributed by atoms with E-state index in [1.54, 1.807) is 0 Å². The Bertz CT molecular complexity index is 432. The fourth-order valence-corrected chi connectivity index (χ4v) is 1.51. The van der Waals surface area contributed by atoms with Crippen LogP contribution in [-0.2, 0) is 14.2 Å². The normalized spacial score (nSPS) is 27.0. The van der Waals surface area contributed by atoms with Crippen LogP contribution in [-0.4, -0.2) is 61.9 Å². The largest absolute Gasteiger partial charge is 0.439 e. The van der Waals surface area contributed by atoms with E-state index in [1.807, 2.05) is 4.74 Å². The molecular weight excluding hydrogens is 379 g/mol. The van der Waals surface area contributed by atoms with Gasteiger partial charge in [0.2, 0.25) is 0 Å². The van der Waals surface area contributed by atoms with Crippen LogP contribution in [0.1, 0.15) is 0 Å². The predicted octanol–water partition coefficient (Wildman–Crippen LogP) is 3.24. The van der Waals surface area contributed by atoms with E-state index >= 15 is 0 Å². The molecule has 144 valence electrons. The standard InChI is InChI=1S/C9H8F11NO3/c1-22-2-3-23-5(11,12)4(10)21-6(13,14)8(17,18)24-9(19,20)7(21,15)16/h4H,2-3H2,1H3. The molecule has 0 spiro atoms. The average Bonchev–Trinajstić information content (AvgIpc) is 2.35. The first-order valence-corrected chi connectivity index (χ1v) is 5.70. The molecule has 0 bridgehead atoms. The molecule has 0 aromatic rings. The maximum Gasteiger partial charge on any atom is 0.439 e. The van der Waals surface area contributed by atoms with E-state index in [0.717, 1.165) is 7.11 Å². The molecular formula is C9H8F11NO3. The Kier molecular flexibility index (Phi) is 5.37. The molecule has 1 atom stereocenters. The highest BCUT2D eigenvalue weighted by molar-refractivity contribution is 4.97. The minimum atomic E-state index is -6.56. The average molecular weight is 387 g/mol. The lowest BCUT2D eigenvalue weighted by atomic mass is 10.2. The van der Waals surface area contributed by atoms with Gasteiger partial charge in [-0.3, -0.25) is 0 Å². The van der Waals surface area contributed by atoms with E-state index in [2.05, 4.69) is 9.47 Å². The molecule has 24 heavy (non-hydrogen) atoms. The zero-order valence-electron chi connectivity index (χ0n) is 11.3. The minimum Gasteiger partial charge on any atom is -0.382 e. The van der Waals surface area contributed by atoms with Gasteiger partial charge in [0.15, 0.2) is 0 Å².